The van der Waals surface area contributed by atoms with Gasteiger partial charge in [0.2, 0.25) is 5.82 Å². The lowest BCUT2D eigenvalue weighted by Gasteiger charge is -2.32. The van der Waals surface area contributed by atoms with Gasteiger partial charge in [-0.1, -0.05) is 6.92 Å². The largest absolute Gasteiger partial charge is 0.351 e. The van der Waals surface area contributed by atoms with Crippen molar-refractivity contribution < 1.29 is 4.92 Å². The Balaban J connectivity index is 2.05. The van der Waals surface area contributed by atoms with Crippen LogP contribution in [-0.4, -0.2) is 36.1 Å². The van der Waals surface area contributed by atoms with E-state index in [2.05, 4.69) is 17.2 Å². The Labute approximate surface area is 119 Å². The summed E-state index contributed by atoms with van der Waals surface area (Å²) in [4.78, 5) is 17.1. The molecule has 1 aromatic rings. The van der Waals surface area contributed by atoms with Crippen molar-refractivity contribution in [2.45, 2.75) is 26.7 Å². The summed E-state index contributed by atoms with van der Waals surface area (Å²) < 4.78 is 0. The predicted octanol–water partition coefficient (Wildman–Crippen LogP) is 2.12. The van der Waals surface area contributed by atoms with E-state index in [0.29, 0.717) is 11.7 Å². The molecule has 0 aromatic carbocycles. The lowest BCUT2D eigenvalue weighted by Crippen LogP contribution is -2.38. The van der Waals surface area contributed by atoms with Gasteiger partial charge in [0, 0.05) is 25.4 Å². The van der Waals surface area contributed by atoms with Crippen molar-refractivity contribution in [1.29, 1.82) is 0 Å². The second-order valence-corrected chi connectivity index (χ2v) is 5.35. The van der Waals surface area contributed by atoms with Gasteiger partial charge in [0.05, 0.1) is 4.92 Å². The van der Waals surface area contributed by atoms with Gasteiger partial charge in [-0.2, -0.15) is 0 Å². The SMILES string of the molecule is CCNCC1CCN(c2ncc(C)cc2[N+](=O)[O-])CC1. The average Bonchev–Trinajstić information content (AvgIpc) is 2.45. The molecule has 6 heteroatoms. The van der Waals surface area contributed by atoms with Crippen LogP contribution in [0.25, 0.3) is 0 Å². The summed E-state index contributed by atoms with van der Waals surface area (Å²) >= 11 is 0. The van der Waals surface area contributed by atoms with Crippen molar-refractivity contribution in [2.24, 2.45) is 5.92 Å². The third-order valence-electron chi connectivity index (χ3n) is 3.78. The molecule has 0 radical (unpaired) electrons. The maximum atomic E-state index is 11.2. The topological polar surface area (TPSA) is 71.3 Å². The number of piperidine rings is 1. The number of aromatic nitrogens is 1. The van der Waals surface area contributed by atoms with Crippen molar-refractivity contribution in [1.82, 2.24) is 10.3 Å². The van der Waals surface area contributed by atoms with E-state index in [4.69, 9.17) is 0 Å². The van der Waals surface area contributed by atoms with Crippen LogP contribution in [0.1, 0.15) is 25.3 Å². The molecule has 1 aliphatic rings. The van der Waals surface area contributed by atoms with E-state index < -0.39 is 0 Å². The van der Waals surface area contributed by atoms with E-state index in [1.54, 1.807) is 12.3 Å². The fourth-order valence-electron chi connectivity index (χ4n) is 2.62. The van der Waals surface area contributed by atoms with Gasteiger partial charge in [0.1, 0.15) is 0 Å². The van der Waals surface area contributed by atoms with Crippen LogP contribution in [0, 0.1) is 23.0 Å². The molecule has 20 heavy (non-hydrogen) atoms. The number of hydrogen-bond acceptors (Lipinski definition) is 5. The zero-order chi connectivity index (χ0) is 14.5. The van der Waals surface area contributed by atoms with E-state index in [9.17, 15) is 10.1 Å². The maximum Gasteiger partial charge on any atom is 0.311 e. The van der Waals surface area contributed by atoms with Crippen LogP contribution in [0.2, 0.25) is 0 Å². The van der Waals surface area contributed by atoms with E-state index >= 15 is 0 Å². The first-order valence-corrected chi connectivity index (χ1v) is 7.18. The van der Waals surface area contributed by atoms with Crippen molar-refractivity contribution >= 4 is 11.5 Å². The Hall–Kier alpha value is -1.69. The summed E-state index contributed by atoms with van der Waals surface area (Å²) in [6.45, 7) is 7.64. The molecule has 1 fully saturated rings. The Kier molecular flexibility index (Phi) is 4.89. The Morgan fingerprint density at radius 2 is 2.20 bits per heavy atom. The van der Waals surface area contributed by atoms with E-state index in [-0.39, 0.29) is 10.6 Å². The molecule has 1 aromatic heterocycles. The summed E-state index contributed by atoms with van der Waals surface area (Å²) in [5.74, 6) is 1.18. The molecular formula is C14H22N4O2. The van der Waals surface area contributed by atoms with Crippen molar-refractivity contribution in [3.8, 4) is 0 Å². The van der Waals surface area contributed by atoms with Gasteiger partial charge in [-0.15, -0.1) is 0 Å². The highest BCUT2D eigenvalue weighted by Gasteiger charge is 2.25. The standard InChI is InChI=1S/C14H22N4O2/c1-3-15-10-12-4-6-17(7-5-12)14-13(18(19)20)8-11(2)9-16-14/h8-9,12,15H,3-7,10H2,1-2H3. The number of nitro groups is 1. The van der Waals surface area contributed by atoms with E-state index in [0.717, 1.165) is 44.6 Å². The second-order valence-electron chi connectivity index (χ2n) is 5.35. The van der Waals surface area contributed by atoms with Crippen molar-refractivity contribution in [2.75, 3.05) is 31.1 Å². The smallest absolute Gasteiger partial charge is 0.311 e. The lowest BCUT2D eigenvalue weighted by molar-refractivity contribution is -0.384. The van der Waals surface area contributed by atoms with Crippen LogP contribution in [0.3, 0.4) is 0 Å². The average molecular weight is 278 g/mol. The number of aryl methyl sites for hydroxylation is 1. The first kappa shape index (κ1) is 14.7. The molecule has 0 aliphatic carbocycles. The molecule has 1 aliphatic heterocycles. The third kappa shape index (κ3) is 3.45. The van der Waals surface area contributed by atoms with Crippen LogP contribution in [0.15, 0.2) is 12.3 Å². The summed E-state index contributed by atoms with van der Waals surface area (Å²) in [6, 6.07) is 1.60. The lowest BCUT2D eigenvalue weighted by atomic mass is 9.96. The summed E-state index contributed by atoms with van der Waals surface area (Å²) in [5.41, 5.74) is 0.942. The van der Waals surface area contributed by atoms with Gasteiger partial charge >= 0.3 is 5.69 Å². The fraction of sp³-hybridized carbons (Fsp3) is 0.643. The molecule has 0 bridgehead atoms. The monoisotopic (exact) mass is 278 g/mol. The van der Waals surface area contributed by atoms with Crippen LogP contribution < -0.4 is 10.2 Å². The highest BCUT2D eigenvalue weighted by Crippen LogP contribution is 2.29. The highest BCUT2D eigenvalue weighted by molar-refractivity contribution is 5.58. The van der Waals surface area contributed by atoms with Crippen LogP contribution in [0.5, 0.6) is 0 Å². The third-order valence-corrected chi connectivity index (χ3v) is 3.78. The number of rotatable bonds is 5. The number of pyridine rings is 1. The Bertz CT molecular complexity index is 470. The van der Waals surface area contributed by atoms with Crippen LogP contribution in [-0.2, 0) is 0 Å². The molecule has 0 saturated carbocycles. The van der Waals surface area contributed by atoms with Gasteiger partial charge in [-0.3, -0.25) is 10.1 Å². The molecule has 110 valence electrons. The molecule has 1 N–H and O–H groups in total. The zero-order valence-electron chi connectivity index (χ0n) is 12.1. The number of anilines is 1. The summed E-state index contributed by atoms with van der Waals surface area (Å²) in [7, 11) is 0. The fourth-order valence-corrected chi connectivity index (χ4v) is 2.62. The molecule has 0 spiro atoms. The maximum absolute atomic E-state index is 11.2. The normalized spacial score (nSPS) is 16.4. The minimum absolute atomic E-state index is 0.120. The molecule has 0 atom stereocenters. The van der Waals surface area contributed by atoms with Crippen LogP contribution >= 0.6 is 0 Å². The van der Waals surface area contributed by atoms with Crippen LogP contribution in [0.4, 0.5) is 11.5 Å². The van der Waals surface area contributed by atoms with Gasteiger partial charge in [0.25, 0.3) is 0 Å². The number of hydrogen-bond donors (Lipinski definition) is 1. The Morgan fingerprint density at radius 1 is 1.50 bits per heavy atom. The molecule has 6 nitrogen and oxygen atoms in total. The van der Waals surface area contributed by atoms with Crippen molar-refractivity contribution in [3.63, 3.8) is 0 Å². The Morgan fingerprint density at radius 3 is 2.80 bits per heavy atom. The predicted molar refractivity (Wildman–Crippen MR) is 79.1 cm³/mol. The van der Waals surface area contributed by atoms with Gasteiger partial charge in [0.15, 0.2) is 0 Å². The quantitative estimate of drug-likeness (QED) is 0.660. The molecule has 2 heterocycles. The zero-order valence-corrected chi connectivity index (χ0v) is 12.1. The van der Waals surface area contributed by atoms with E-state index in [1.165, 1.54) is 0 Å². The highest BCUT2D eigenvalue weighted by atomic mass is 16.6. The molecule has 1 saturated heterocycles. The van der Waals surface area contributed by atoms with E-state index in [1.807, 2.05) is 11.8 Å². The second kappa shape index (κ2) is 6.65. The minimum Gasteiger partial charge on any atom is -0.351 e. The summed E-state index contributed by atoms with van der Waals surface area (Å²) in [6.07, 6.45) is 3.81. The molecule has 0 unspecified atom stereocenters. The van der Waals surface area contributed by atoms with Crippen molar-refractivity contribution in [3.05, 3.63) is 27.9 Å². The number of nitrogens with zero attached hydrogens (tertiary/aromatic N) is 3. The summed E-state index contributed by atoms with van der Waals surface area (Å²) in [5, 5.41) is 14.5. The van der Waals surface area contributed by atoms with Gasteiger partial charge < -0.3 is 10.2 Å². The number of nitrogens with one attached hydrogen (secondary N) is 1. The molecular weight excluding hydrogens is 256 g/mol. The molecule has 0 amide bonds. The molecule has 2 rings (SSSR count). The first-order chi connectivity index (χ1) is 9.61. The first-order valence-electron chi connectivity index (χ1n) is 7.18. The van der Waals surface area contributed by atoms with Gasteiger partial charge in [-0.25, -0.2) is 4.98 Å². The van der Waals surface area contributed by atoms with Gasteiger partial charge in [-0.05, 0) is 44.3 Å². The minimum atomic E-state index is -0.333.